The second-order valence-electron chi connectivity index (χ2n) is 8.45. The molecule has 0 aliphatic heterocycles. The van der Waals surface area contributed by atoms with Crippen LogP contribution in [0.3, 0.4) is 0 Å². The normalized spacial score (nSPS) is 11.9. The summed E-state index contributed by atoms with van der Waals surface area (Å²) in [5, 5.41) is 21.1. The Morgan fingerprint density at radius 1 is 0.973 bits per heavy atom. The molecule has 0 saturated carbocycles. The highest BCUT2D eigenvalue weighted by atomic mass is 35.5. The second kappa shape index (κ2) is 11.7. The summed E-state index contributed by atoms with van der Waals surface area (Å²) in [6.45, 7) is 5.71. The Balaban J connectivity index is 1.64. The van der Waals surface area contributed by atoms with E-state index >= 15 is 0 Å². The van der Waals surface area contributed by atoms with Gasteiger partial charge in [-0.25, -0.2) is 0 Å². The lowest BCUT2D eigenvalue weighted by atomic mass is 10.1. The Kier molecular flexibility index (Phi) is 8.64. The summed E-state index contributed by atoms with van der Waals surface area (Å²) in [6, 6.07) is 16.6. The van der Waals surface area contributed by atoms with Crippen LogP contribution in [0, 0.1) is 30.9 Å². The van der Waals surface area contributed by atoms with Gasteiger partial charge in [-0.1, -0.05) is 70.8 Å². The van der Waals surface area contributed by atoms with E-state index in [1.54, 1.807) is 18.2 Å². The fourth-order valence-electron chi connectivity index (χ4n) is 3.72. The maximum atomic E-state index is 11.6. The molecule has 4 rings (SSSR count). The number of nitrogens with zero attached hydrogens (tertiary/aromatic N) is 4. The Bertz CT molecular complexity index is 1440. The number of hydrogen-bond acceptors (Lipinski definition) is 6. The van der Waals surface area contributed by atoms with Crippen molar-refractivity contribution in [3.63, 3.8) is 0 Å². The van der Waals surface area contributed by atoms with Gasteiger partial charge in [0, 0.05) is 21.2 Å². The van der Waals surface area contributed by atoms with Gasteiger partial charge >= 0.3 is 0 Å². The molecule has 11 heteroatoms. The molecule has 0 bridgehead atoms. The van der Waals surface area contributed by atoms with Crippen molar-refractivity contribution in [2.45, 2.75) is 37.8 Å². The number of benzene rings is 3. The van der Waals surface area contributed by atoms with Crippen molar-refractivity contribution in [3.8, 4) is 11.4 Å². The molecular weight excluding hydrogens is 555 g/mol. The van der Waals surface area contributed by atoms with Crippen LogP contribution in [-0.4, -0.2) is 26.2 Å². The van der Waals surface area contributed by atoms with Gasteiger partial charge in [0.25, 0.3) is 0 Å². The van der Waals surface area contributed by atoms with Crippen molar-refractivity contribution < 1.29 is 9.66 Å². The Hall–Kier alpha value is -2.78. The first kappa shape index (κ1) is 27.3. The lowest BCUT2D eigenvalue weighted by Gasteiger charge is -2.17. The van der Waals surface area contributed by atoms with Crippen molar-refractivity contribution in [2.24, 2.45) is 0 Å². The summed E-state index contributed by atoms with van der Waals surface area (Å²) >= 11 is 20.5. The zero-order chi connectivity index (χ0) is 26.7. The quantitative estimate of drug-likeness (QED) is 0.114. The largest absolute Gasteiger partial charge is 0.486 e. The van der Waals surface area contributed by atoms with Gasteiger partial charge in [-0.2, -0.15) is 0 Å². The molecule has 192 valence electrons. The van der Waals surface area contributed by atoms with Gasteiger partial charge in [-0.05, 0) is 67.8 Å². The maximum absolute atomic E-state index is 11.6. The number of hydrogen-bond donors (Lipinski definition) is 0. The van der Waals surface area contributed by atoms with Crippen molar-refractivity contribution in [1.29, 1.82) is 0 Å². The molecular formula is C26H23Cl3N4O3S. The summed E-state index contributed by atoms with van der Waals surface area (Å²) in [5.74, 6) is 0.955. The van der Waals surface area contributed by atoms with Crippen molar-refractivity contribution >= 4 is 46.6 Å². The van der Waals surface area contributed by atoms with Crippen LogP contribution >= 0.6 is 46.6 Å². The highest BCUT2D eigenvalue weighted by molar-refractivity contribution is 7.99. The molecule has 0 aliphatic carbocycles. The van der Waals surface area contributed by atoms with E-state index in [1.165, 1.54) is 11.8 Å². The summed E-state index contributed by atoms with van der Waals surface area (Å²) in [5.41, 5.74) is 4.52. The van der Waals surface area contributed by atoms with Crippen LogP contribution in [-0.2, 0) is 6.61 Å². The molecule has 0 aliphatic rings. The van der Waals surface area contributed by atoms with E-state index in [0.717, 1.165) is 22.4 Å². The van der Waals surface area contributed by atoms with Crippen molar-refractivity contribution in [1.82, 2.24) is 14.8 Å². The minimum Gasteiger partial charge on any atom is -0.486 e. The smallest absolute Gasteiger partial charge is 0.220 e. The van der Waals surface area contributed by atoms with E-state index in [1.807, 2.05) is 61.7 Å². The maximum Gasteiger partial charge on any atom is 0.220 e. The SMILES string of the molecule is Cc1ccc(-n2c(C)nnc2S[C@@H](C[N+](=O)[O-])c2cc(Cl)c(OCc3ccccc3Cl)c(Cl)c2)cc1C. The molecule has 0 N–H and O–H groups in total. The second-order valence-corrected chi connectivity index (χ2v) is 10.8. The molecule has 37 heavy (non-hydrogen) atoms. The van der Waals surface area contributed by atoms with Crippen molar-refractivity contribution in [2.75, 3.05) is 6.54 Å². The topological polar surface area (TPSA) is 83.1 Å². The predicted octanol–water partition coefficient (Wildman–Crippen LogP) is 7.84. The average molecular weight is 578 g/mol. The molecule has 3 aromatic carbocycles. The monoisotopic (exact) mass is 576 g/mol. The zero-order valence-electron chi connectivity index (χ0n) is 20.2. The molecule has 0 saturated heterocycles. The zero-order valence-corrected chi connectivity index (χ0v) is 23.3. The number of rotatable bonds is 9. The van der Waals surface area contributed by atoms with E-state index in [9.17, 15) is 10.1 Å². The highest BCUT2D eigenvalue weighted by Crippen LogP contribution is 2.42. The fraction of sp³-hybridized carbons (Fsp3) is 0.231. The lowest BCUT2D eigenvalue weighted by molar-refractivity contribution is -0.479. The molecule has 0 fully saturated rings. The number of ether oxygens (including phenoxy) is 1. The van der Waals surface area contributed by atoms with Gasteiger partial charge < -0.3 is 4.74 Å². The number of aromatic nitrogens is 3. The molecule has 0 amide bonds. The number of thioether (sulfide) groups is 1. The van der Waals surface area contributed by atoms with E-state index in [0.29, 0.717) is 21.6 Å². The van der Waals surface area contributed by atoms with Gasteiger partial charge in [0.1, 0.15) is 17.7 Å². The van der Waals surface area contributed by atoms with Crippen LogP contribution in [0.4, 0.5) is 0 Å². The standard InChI is InChI=1S/C26H23Cl3N4O3S/c1-15-8-9-20(10-16(15)2)33-17(3)30-31-26(33)37-24(13-32(34)35)19-11-22(28)25(23(29)12-19)36-14-18-6-4-5-7-21(18)27/h4-12,24H,13-14H2,1-3H3/t24-/m0/s1. The molecule has 7 nitrogen and oxygen atoms in total. The molecule has 1 heterocycles. The van der Waals surface area contributed by atoms with E-state index in [4.69, 9.17) is 39.5 Å². The Morgan fingerprint density at radius 2 is 1.68 bits per heavy atom. The summed E-state index contributed by atoms with van der Waals surface area (Å²) < 4.78 is 7.74. The van der Waals surface area contributed by atoms with Crippen LogP contribution in [0.1, 0.15) is 33.3 Å². The summed E-state index contributed by atoms with van der Waals surface area (Å²) in [4.78, 5) is 11.2. The minimum absolute atomic E-state index is 0.171. The average Bonchev–Trinajstić information content (AvgIpc) is 3.20. The predicted molar refractivity (Wildman–Crippen MR) is 148 cm³/mol. The number of aryl methyl sites for hydroxylation is 3. The summed E-state index contributed by atoms with van der Waals surface area (Å²) in [6.07, 6.45) is 0. The van der Waals surface area contributed by atoms with Gasteiger partial charge in [0.2, 0.25) is 6.54 Å². The first-order chi connectivity index (χ1) is 17.6. The third-order valence-electron chi connectivity index (χ3n) is 5.83. The third kappa shape index (κ3) is 6.38. The molecule has 4 aromatic rings. The van der Waals surface area contributed by atoms with Crippen LogP contribution < -0.4 is 4.74 Å². The van der Waals surface area contributed by atoms with Gasteiger partial charge in [-0.15, -0.1) is 10.2 Å². The van der Waals surface area contributed by atoms with Crippen LogP contribution in [0.2, 0.25) is 15.1 Å². The first-order valence-corrected chi connectivity index (χ1v) is 13.3. The lowest BCUT2D eigenvalue weighted by Crippen LogP contribution is -2.11. The highest BCUT2D eigenvalue weighted by Gasteiger charge is 2.26. The molecule has 0 unspecified atom stereocenters. The molecule has 1 atom stereocenters. The molecule has 1 aromatic heterocycles. The Morgan fingerprint density at radius 3 is 2.32 bits per heavy atom. The number of halogens is 3. The minimum atomic E-state index is -0.628. The van der Waals surface area contributed by atoms with E-state index < -0.39 is 5.25 Å². The van der Waals surface area contributed by atoms with Crippen molar-refractivity contribution in [3.05, 3.63) is 108 Å². The first-order valence-electron chi connectivity index (χ1n) is 11.3. The van der Waals surface area contributed by atoms with Gasteiger partial charge in [-0.3, -0.25) is 14.7 Å². The van der Waals surface area contributed by atoms with Gasteiger partial charge in [0.05, 0.1) is 10.0 Å². The van der Waals surface area contributed by atoms with Crippen LogP contribution in [0.5, 0.6) is 5.75 Å². The molecule has 0 radical (unpaired) electrons. The summed E-state index contributed by atoms with van der Waals surface area (Å²) in [7, 11) is 0. The number of nitro groups is 1. The molecule has 0 spiro atoms. The van der Waals surface area contributed by atoms with E-state index in [2.05, 4.69) is 10.2 Å². The van der Waals surface area contributed by atoms with Crippen LogP contribution in [0.15, 0.2) is 59.8 Å². The third-order valence-corrected chi connectivity index (χ3v) is 7.94. The van der Waals surface area contributed by atoms with Gasteiger partial charge in [0.15, 0.2) is 10.9 Å². The fourth-order valence-corrected chi connectivity index (χ4v) is 5.68. The van der Waals surface area contributed by atoms with Crippen LogP contribution in [0.25, 0.3) is 5.69 Å². The Labute approximate surface area is 233 Å². The van der Waals surface area contributed by atoms with E-state index in [-0.39, 0.29) is 33.9 Å².